The lowest BCUT2D eigenvalue weighted by Crippen LogP contribution is -2.32. The number of nitrogens with one attached hydrogen (secondary N) is 1. The predicted octanol–water partition coefficient (Wildman–Crippen LogP) is 3.39. The predicted molar refractivity (Wildman–Crippen MR) is 104 cm³/mol. The molecule has 0 aromatic heterocycles. The number of carbonyl (C=O) groups excluding carboxylic acids is 3. The van der Waals surface area contributed by atoms with Gasteiger partial charge < -0.3 is 15.2 Å². The van der Waals surface area contributed by atoms with Gasteiger partial charge >= 0.3 is 5.97 Å². The van der Waals surface area contributed by atoms with E-state index in [0.717, 1.165) is 4.90 Å². The van der Waals surface area contributed by atoms with Crippen LogP contribution in [-0.4, -0.2) is 29.0 Å². The Labute approximate surface area is 166 Å². The Morgan fingerprint density at radius 2 is 1.71 bits per heavy atom. The van der Waals surface area contributed by atoms with E-state index in [4.69, 9.17) is 16.3 Å². The minimum atomic E-state index is -0.706. The van der Waals surface area contributed by atoms with Gasteiger partial charge in [-0.3, -0.25) is 9.59 Å². The van der Waals surface area contributed by atoms with Gasteiger partial charge in [-0.1, -0.05) is 23.7 Å². The first-order valence-corrected chi connectivity index (χ1v) is 8.82. The van der Waals surface area contributed by atoms with E-state index in [1.54, 1.807) is 32.0 Å². The summed E-state index contributed by atoms with van der Waals surface area (Å²) in [7, 11) is 0. The van der Waals surface area contributed by atoms with E-state index < -0.39 is 17.8 Å². The first-order valence-electron chi connectivity index (χ1n) is 8.44. The number of halogens is 1. The molecule has 1 heterocycles. The molecule has 7 nitrogen and oxygen atoms in total. The summed E-state index contributed by atoms with van der Waals surface area (Å²) in [4.78, 5) is 38.0. The van der Waals surface area contributed by atoms with E-state index in [-0.39, 0.29) is 34.0 Å². The van der Waals surface area contributed by atoms with Gasteiger partial charge in [0.15, 0.2) is 0 Å². The fourth-order valence-electron chi connectivity index (χ4n) is 2.59. The Kier molecular flexibility index (Phi) is 5.37. The third-order valence-corrected chi connectivity index (χ3v) is 4.25. The number of benzene rings is 2. The molecule has 0 saturated heterocycles. The second-order valence-corrected chi connectivity index (χ2v) is 6.66. The lowest BCUT2D eigenvalue weighted by molar-refractivity contribution is -0.120. The average Bonchev–Trinajstić information content (AvgIpc) is 2.86. The molecule has 2 aromatic carbocycles. The van der Waals surface area contributed by atoms with Crippen LogP contribution < -0.4 is 10.2 Å². The number of nitrogens with zero attached hydrogens (tertiary/aromatic N) is 1. The van der Waals surface area contributed by atoms with E-state index in [2.05, 4.69) is 5.32 Å². The minimum absolute atomic E-state index is 0.0915. The zero-order valence-corrected chi connectivity index (χ0v) is 15.9. The Balaban J connectivity index is 1.83. The number of phenolic OH excluding ortho intramolecular Hbond substituents is 1. The number of amides is 2. The number of para-hydroxylation sites is 2. The average molecular weight is 401 g/mol. The maximum atomic E-state index is 12.7. The van der Waals surface area contributed by atoms with Crippen LogP contribution in [0.4, 0.5) is 11.4 Å². The molecule has 1 aliphatic heterocycles. The molecule has 1 aliphatic rings. The number of anilines is 2. The highest BCUT2D eigenvalue weighted by Crippen LogP contribution is 2.32. The number of ether oxygens (including phenoxy) is 1. The topological polar surface area (TPSA) is 95.9 Å². The summed E-state index contributed by atoms with van der Waals surface area (Å²) in [5, 5.41) is 12.3. The van der Waals surface area contributed by atoms with E-state index in [0.29, 0.717) is 5.56 Å². The molecule has 0 spiro atoms. The molecule has 0 unspecified atom stereocenters. The number of hydrogen-bond donors (Lipinski definition) is 2. The summed E-state index contributed by atoms with van der Waals surface area (Å²) < 4.78 is 5.11. The van der Waals surface area contributed by atoms with Crippen LogP contribution in [0.3, 0.4) is 0 Å². The van der Waals surface area contributed by atoms with Gasteiger partial charge in [0.2, 0.25) is 0 Å². The molecular formula is C20H17ClN2O5. The van der Waals surface area contributed by atoms with Crippen molar-refractivity contribution in [3.63, 3.8) is 0 Å². The van der Waals surface area contributed by atoms with Crippen molar-refractivity contribution >= 4 is 40.8 Å². The van der Waals surface area contributed by atoms with Crippen molar-refractivity contribution in [3.05, 3.63) is 64.8 Å². The van der Waals surface area contributed by atoms with Crippen LogP contribution >= 0.6 is 11.6 Å². The molecule has 144 valence electrons. The quantitative estimate of drug-likeness (QED) is 0.453. The molecular weight excluding hydrogens is 384 g/mol. The van der Waals surface area contributed by atoms with Crippen molar-refractivity contribution in [3.8, 4) is 5.75 Å². The Hall–Kier alpha value is -3.32. The number of imide groups is 1. The second kappa shape index (κ2) is 7.74. The number of hydrogen-bond acceptors (Lipinski definition) is 6. The number of phenols is 1. The summed E-state index contributed by atoms with van der Waals surface area (Å²) in [5.41, 5.74) is 0.647. The number of aromatic hydroxyl groups is 1. The minimum Gasteiger partial charge on any atom is -0.506 e. The molecule has 28 heavy (non-hydrogen) atoms. The fourth-order valence-corrected chi connectivity index (χ4v) is 2.80. The summed E-state index contributed by atoms with van der Waals surface area (Å²) >= 11 is 6.06. The van der Waals surface area contributed by atoms with Gasteiger partial charge in [-0.2, -0.15) is 0 Å². The molecule has 8 heteroatoms. The highest BCUT2D eigenvalue weighted by Gasteiger charge is 2.39. The largest absolute Gasteiger partial charge is 0.506 e. The third kappa shape index (κ3) is 3.70. The normalized spacial score (nSPS) is 14.1. The summed E-state index contributed by atoms with van der Waals surface area (Å²) in [6, 6.07) is 12.1. The molecule has 2 aromatic rings. The molecule has 3 rings (SSSR count). The van der Waals surface area contributed by atoms with Crippen molar-refractivity contribution in [1.29, 1.82) is 0 Å². The summed E-state index contributed by atoms with van der Waals surface area (Å²) in [6.07, 6.45) is -0.264. The van der Waals surface area contributed by atoms with Crippen molar-refractivity contribution < 1.29 is 24.2 Å². The van der Waals surface area contributed by atoms with E-state index in [1.807, 2.05) is 0 Å². The van der Waals surface area contributed by atoms with Gasteiger partial charge in [0.05, 0.1) is 23.0 Å². The van der Waals surface area contributed by atoms with Crippen LogP contribution in [0.5, 0.6) is 5.75 Å². The van der Waals surface area contributed by atoms with Crippen molar-refractivity contribution in [2.45, 2.75) is 20.0 Å². The molecule has 0 saturated carbocycles. The highest BCUT2D eigenvalue weighted by molar-refractivity contribution is 6.53. The molecule has 0 radical (unpaired) electrons. The Morgan fingerprint density at radius 1 is 1.07 bits per heavy atom. The summed E-state index contributed by atoms with van der Waals surface area (Å²) in [6.45, 7) is 3.47. The number of rotatable bonds is 5. The fraction of sp³-hybridized carbons (Fsp3) is 0.150. The maximum Gasteiger partial charge on any atom is 0.338 e. The standard InChI is InChI=1S/C20H17ClN2O5/c1-11(2)28-20(27)12-7-9-13(10-8-12)23-18(25)16(21)17(19(23)26)22-14-5-3-4-6-15(14)24/h3-11,22,24H,1-2H3. The molecule has 2 N–H and O–H groups in total. The van der Waals surface area contributed by atoms with Gasteiger partial charge in [-0.15, -0.1) is 0 Å². The third-order valence-electron chi connectivity index (χ3n) is 3.89. The van der Waals surface area contributed by atoms with E-state index >= 15 is 0 Å². The zero-order chi connectivity index (χ0) is 20.4. The zero-order valence-electron chi connectivity index (χ0n) is 15.1. The van der Waals surface area contributed by atoms with Crippen LogP contribution in [0.2, 0.25) is 0 Å². The number of esters is 1. The highest BCUT2D eigenvalue weighted by atomic mass is 35.5. The van der Waals surface area contributed by atoms with Crippen LogP contribution in [0, 0.1) is 0 Å². The first kappa shape index (κ1) is 19.4. The Bertz CT molecular complexity index is 982. The lowest BCUT2D eigenvalue weighted by atomic mass is 10.2. The smallest absolute Gasteiger partial charge is 0.338 e. The van der Waals surface area contributed by atoms with Crippen LogP contribution in [0.1, 0.15) is 24.2 Å². The van der Waals surface area contributed by atoms with E-state index in [9.17, 15) is 19.5 Å². The summed E-state index contributed by atoms with van der Waals surface area (Å²) in [5.74, 6) is -1.97. The molecule has 0 atom stereocenters. The van der Waals surface area contributed by atoms with Crippen LogP contribution in [0.15, 0.2) is 59.3 Å². The van der Waals surface area contributed by atoms with Crippen LogP contribution in [-0.2, 0) is 14.3 Å². The molecule has 2 amide bonds. The van der Waals surface area contributed by atoms with Gasteiger partial charge in [0, 0.05) is 0 Å². The molecule has 0 aliphatic carbocycles. The van der Waals surface area contributed by atoms with Crippen molar-refractivity contribution in [1.82, 2.24) is 0 Å². The molecule has 0 fully saturated rings. The van der Waals surface area contributed by atoms with Crippen LogP contribution in [0.25, 0.3) is 0 Å². The van der Waals surface area contributed by atoms with Crippen molar-refractivity contribution in [2.24, 2.45) is 0 Å². The SMILES string of the molecule is CC(C)OC(=O)c1ccc(N2C(=O)C(Cl)=C(Nc3ccccc3O)C2=O)cc1. The monoisotopic (exact) mass is 400 g/mol. The van der Waals surface area contributed by atoms with E-state index in [1.165, 1.54) is 30.3 Å². The van der Waals surface area contributed by atoms with Gasteiger partial charge in [-0.05, 0) is 50.2 Å². The van der Waals surface area contributed by atoms with Gasteiger partial charge in [0.1, 0.15) is 16.5 Å². The van der Waals surface area contributed by atoms with Crippen molar-refractivity contribution in [2.75, 3.05) is 10.2 Å². The maximum absolute atomic E-state index is 12.7. The second-order valence-electron chi connectivity index (χ2n) is 6.28. The van der Waals surface area contributed by atoms with Gasteiger partial charge in [0.25, 0.3) is 11.8 Å². The number of carbonyl (C=O) groups is 3. The lowest BCUT2D eigenvalue weighted by Gasteiger charge is -2.16. The first-order chi connectivity index (χ1) is 13.3. The molecule has 0 bridgehead atoms. The van der Waals surface area contributed by atoms with Gasteiger partial charge in [-0.25, -0.2) is 9.69 Å². The Morgan fingerprint density at radius 3 is 2.32 bits per heavy atom.